The van der Waals surface area contributed by atoms with Crippen molar-refractivity contribution in [3.05, 3.63) is 23.8 Å². The van der Waals surface area contributed by atoms with Gasteiger partial charge in [0, 0.05) is 24.8 Å². The summed E-state index contributed by atoms with van der Waals surface area (Å²) < 4.78 is 11.3. The molecule has 1 N–H and O–H groups in total. The second kappa shape index (κ2) is 4.71. The minimum Gasteiger partial charge on any atom is -0.385 e. The van der Waals surface area contributed by atoms with E-state index in [0.717, 1.165) is 23.5 Å². The van der Waals surface area contributed by atoms with Gasteiger partial charge in [0.25, 0.3) is 11.7 Å². The molecule has 1 aromatic rings. The number of hydrogen-bond donors (Lipinski definition) is 1. The van der Waals surface area contributed by atoms with Gasteiger partial charge in [-0.05, 0) is 23.6 Å². The zero-order chi connectivity index (χ0) is 15.3. The normalized spacial score (nSPS) is 20.2. The summed E-state index contributed by atoms with van der Waals surface area (Å²) in [6, 6.07) is 5.90. The second-order valence-electron chi connectivity index (χ2n) is 6.82. The van der Waals surface area contributed by atoms with Crippen molar-refractivity contribution in [1.82, 2.24) is 0 Å². The number of hydrogen-bond acceptors (Lipinski definition) is 4. The van der Waals surface area contributed by atoms with Gasteiger partial charge in [-0.3, -0.25) is 4.79 Å². The first-order chi connectivity index (χ1) is 9.83. The molecule has 0 radical (unpaired) electrons. The van der Waals surface area contributed by atoms with Crippen LogP contribution in [-0.4, -0.2) is 32.7 Å². The lowest BCUT2D eigenvalue weighted by atomic mass is 9.96. The highest BCUT2D eigenvalue weighted by molar-refractivity contribution is 6.06. The Morgan fingerprint density at radius 1 is 1.29 bits per heavy atom. The van der Waals surface area contributed by atoms with Gasteiger partial charge in [-0.1, -0.05) is 20.8 Å². The van der Waals surface area contributed by atoms with E-state index >= 15 is 0 Å². The molecule has 1 aromatic carbocycles. The predicted molar refractivity (Wildman–Crippen MR) is 81.4 cm³/mol. The van der Waals surface area contributed by atoms with Crippen LogP contribution in [0.25, 0.3) is 0 Å². The van der Waals surface area contributed by atoms with Crippen molar-refractivity contribution in [2.24, 2.45) is 5.41 Å². The molecule has 2 aliphatic heterocycles. The minimum absolute atomic E-state index is 0.150. The molecule has 0 aliphatic carbocycles. The van der Waals surface area contributed by atoms with Crippen LogP contribution in [-0.2, 0) is 20.1 Å². The highest BCUT2D eigenvalue weighted by Gasteiger charge is 2.55. The number of carbonyl (C=O) groups is 1. The molecule has 0 aromatic heterocycles. The Morgan fingerprint density at radius 3 is 2.57 bits per heavy atom. The summed E-state index contributed by atoms with van der Waals surface area (Å²) in [5, 5.41) is 3.41. The molecule has 1 fully saturated rings. The topological polar surface area (TPSA) is 50.8 Å². The van der Waals surface area contributed by atoms with Crippen LogP contribution in [0.5, 0.6) is 0 Å². The van der Waals surface area contributed by atoms with E-state index in [1.54, 1.807) is 11.9 Å². The Morgan fingerprint density at radius 2 is 1.95 bits per heavy atom. The van der Waals surface area contributed by atoms with Gasteiger partial charge in [-0.2, -0.15) is 0 Å². The second-order valence-corrected chi connectivity index (χ2v) is 6.82. The number of amides is 1. The molecule has 3 rings (SSSR count). The molecule has 2 heterocycles. The van der Waals surface area contributed by atoms with Gasteiger partial charge in [0.15, 0.2) is 0 Å². The molecule has 0 unspecified atom stereocenters. The van der Waals surface area contributed by atoms with Crippen molar-refractivity contribution >= 4 is 17.3 Å². The lowest BCUT2D eigenvalue weighted by Crippen LogP contribution is -2.39. The molecule has 0 bridgehead atoms. The van der Waals surface area contributed by atoms with E-state index in [9.17, 15) is 4.79 Å². The summed E-state index contributed by atoms with van der Waals surface area (Å²) in [6.45, 7) is 8.27. The Hall–Kier alpha value is -1.59. The van der Waals surface area contributed by atoms with Gasteiger partial charge in [0.1, 0.15) is 0 Å². The lowest BCUT2D eigenvalue weighted by molar-refractivity contribution is -0.180. The lowest BCUT2D eigenvalue weighted by Gasteiger charge is -2.22. The molecule has 5 heteroatoms. The smallest absolute Gasteiger partial charge is 0.292 e. The molecule has 1 spiro atoms. The van der Waals surface area contributed by atoms with Gasteiger partial charge in [0.2, 0.25) is 0 Å². The van der Waals surface area contributed by atoms with E-state index in [1.165, 1.54) is 0 Å². The third kappa shape index (κ3) is 2.30. The number of anilines is 2. The summed E-state index contributed by atoms with van der Waals surface area (Å²) in [5.74, 6) is -1.38. The van der Waals surface area contributed by atoms with Gasteiger partial charge in [-0.25, -0.2) is 0 Å². The van der Waals surface area contributed by atoms with Crippen LogP contribution < -0.4 is 10.2 Å². The maximum atomic E-state index is 12.5. The summed E-state index contributed by atoms with van der Waals surface area (Å²) in [6.07, 6.45) is 0. The van der Waals surface area contributed by atoms with Crippen LogP contribution in [0.4, 0.5) is 11.4 Å². The Kier molecular flexibility index (Phi) is 3.22. The van der Waals surface area contributed by atoms with Crippen LogP contribution in [0.3, 0.4) is 0 Å². The van der Waals surface area contributed by atoms with E-state index in [2.05, 4.69) is 26.1 Å². The van der Waals surface area contributed by atoms with Crippen LogP contribution in [0, 0.1) is 5.41 Å². The van der Waals surface area contributed by atoms with E-state index in [4.69, 9.17) is 9.47 Å². The zero-order valence-electron chi connectivity index (χ0n) is 13.0. The number of rotatable bonds is 2. The molecule has 114 valence electrons. The maximum absolute atomic E-state index is 12.5. The fourth-order valence-electron chi connectivity index (χ4n) is 2.71. The van der Waals surface area contributed by atoms with Crippen molar-refractivity contribution in [2.45, 2.75) is 26.6 Å². The summed E-state index contributed by atoms with van der Waals surface area (Å²) in [5.41, 5.74) is 2.81. The summed E-state index contributed by atoms with van der Waals surface area (Å²) in [4.78, 5) is 14.1. The van der Waals surface area contributed by atoms with Gasteiger partial charge < -0.3 is 19.7 Å². The molecule has 1 saturated heterocycles. The Labute approximate surface area is 125 Å². The van der Waals surface area contributed by atoms with Crippen molar-refractivity contribution in [1.29, 1.82) is 0 Å². The van der Waals surface area contributed by atoms with Crippen molar-refractivity contribution in [3.63, 3.8) is 0 Å². The first kappa shape index (κ1) is 14.4. The number of ether oxygens (including phenoxy) is 2. The summed E-state index contributed by atoms with van der Waals surface area (Å²) in [7, 11) is 1.75. The van der Waals surface area contributed by atoms with Crippen molar-refractivity contribution in [3.8, 4) is 0 Å². The molecular weight excluding hydrogens is 268 g/mol. The molecule has 0 atom stereocenters. The molecule has 1 amide bonds. The van der Waals surface area contributed by atoms with Crippen molar-refractivity contribution < 1.29 is 14.3 Å². The highest BCUT2D eigenvalue weighted by atomic mass is 16.7. The molecule has 2 aliphatic rings. The van der Waals surface area contributed by atoms with E-state index in [1.807, 2.05) is 18.2 Å². The van der Waals surface area contributed by atoms with Crippen LogP contribution in [0.15, 0.2) is 18.2 Å². The Balaban J connectivity index is 1.94. The fourth-order valence-corrected chi connectivity index (χ4v) is 2.71. The first-order valence-corrected chi connectivity index (χ1v) is 7.28. The van der Waals surface area contributed by atoms with Gasteiger partial charge in [0.05, 0.1) is 18.9 Å². The zero-order valence-corrected chi connectivity index (χ0v) is 13.0. The van der Waals surface area contributed by atoms with Crippen LogP contribution in [0.1, 0.15) is 26.3 Å². The maximum Gasteiger partial charge on any atom is 0.292 e. The van der Waals surface area contributed by atoms with Crippen LogP contribution >= 0.6 is 0 Å². The average molecular weight is 290 g/mol. The van der Waals surface area contributed by atoms with E-state index in [0.29, 0.717) is 13.2 Å². The molecule has 5 nitrogen and oxygen atoms in total. The van der Waals surface area contributed by atoms with E-state index < -0.39 is 5.79 Å². The first-order valence-electron chi connectivity index (χ1n) is 7.28. The SMILES string of the molecule is CN1C(=O)C2(OCCO2)c2cc(NCC(C)(C)C)ccc21. The van der Waals surface area contributed by atoms with Crippen molar-refractivity contribution in [2.75, 3.05) is 37.0 Å². The number of benzene rings is 1. The van der Waals surface area contributed by atoms with Gasteiger partial charge >= 0.3 is 0 Å². The standard InChI is InChI=1S/C16H22N2O3/c1-15(2,3)10-17-11-5-6-13-12(9-11)16(14(19)18(13)4)20-7-8-21-16/h5-6,9,17H,7-8,10H2,1-4H3. The highest BCUT2D eigenvalue weighted by Crippen LogP contribution is 2.46. The quantitative estimate of drug-likeness (QED) is 0.908. The number of carbonyl (C=O) groups excluding carboxylic acids is 1. The predicted octanol–water partition coefficient (Wildman–Crippen LogP) is 2.32. The van der Waals surface area contributed by atoms with Crippen LogP contribution in [0.2, 0.25) is 0 Å². The van der Waals surface area contributed by atoms with Gasteiger partial charge in [-0.15, -0.1) is 0 Å². The average Bonchev–Trinajstić information content (AvgIpc) is 2.99. The monoisotopic (exact) mass is 290 g/mol. The number of fused-ring (bicyclic) bond motifs is 2. The molecule has 0 saturated carbocycles. The minimum atomic E-state index is -1.23. The fraction of sp³-hybridized carbons (Fsp3) is 0.562. The number of nitrogens with one attached hydrogen (secondary N) is 1. The Bertz CT molecular complexity index is 571. The number of likely N-dealkylation sites (N-methyl/N-ethyl adjacent to an activating group) is 1. The third-order valence-electron chi connectivity index (χ3n) is 3.82. The largest absolute Gasteiger partial charge is 0.385 e. The summed E-state index contributed by atoms with van der Waals surface area (Å²) >= 11 is 0. The van der Waals surface area contributed by atoms with E-state index in [-0.39, 0.29) is 11.3 Å². The number of nitrogens with zero attached hydrogens (tertiary/aromatic N) is 1. The molecule has 21 heavy (non-hydrogen) atoms. The third-order valence-corrected chi connectivity index (χ3v) is 3.82. The molecular formula is C16H22N2O3.